The number of aliphatic hydroxyl groups is 1. The molecule has 0 saturated heterocycles. The van der Waals surface area contributed by atoms with Crippen LogP contribution in [0.1, 0.15) is 50.2 Å². The fraction of sp³-hybridized carbons (Fsp3) is 0.600. The number of hydrogen-bond donors (Lipinski definition) is 2. The molecule has 3 atom stereocenters. The van der Waals surface area contributed by atoms with Gasteiger partial charge in [0.2, 0.25) is 0 Å². The molecule has 2 nitrogen and oxygen atoms in total. The third-order valence-corrected chi connectivity index (χ3v) is 3.46. The van der Waals surface area contributed by atoms with Crippen molar-refractivity contribution in [3.05, 3.63) is 35.1 Å². The van der Waals surface area contributed by atoms with E-state index in [1.54, 1.807) is 13.0 Å². The fourth-order valence-corrected chi connectivity index (χ4v) is 2.17. The fourth-order valence-electron chi connectivity index (χ4n) is 2.17. The van der Waals surface area contributed by atoms with E-state index in [0.717, 1.165) is 18.4 Å². The molecule has 3 heteroatoms. The Bertz CT molecular complexity index is 381. The molecule has 0 heterocycles. The summed E-state index contributed by atoms with van der Waals surface area (Å²) in [6.07, 6.45) is 1.93. The van der Waals surface area contributed by atoms with E-state index in [0.29, 0.717) is 12.0 Å². The molecule has 0 bridgehead atoms. The van der Waals surface area contributed by atoms with E-state index in [1.165, 1.54) is 6.07 Å². The number of hydrogen-bond acceptors (Lipinski definition) is 2. The molecule has 0 aromatic heterocycles. The van der Waals surface area contributed by atoms with Gasteiger partial charge in [-0.15, -0.1) is 0 Å². The zero-order valence-corrected chi connectivity index (χ0v) is 11.5. The zero-order chi connectivity index (χ0) is 13.7. The van der Waals surface area contributed by atoms with Gasteiger partial charge in [-0.05, 0) is 42.9 Å². The Balaban J connectivity index is 2.64. The predicted molar refractivity (Wildman–Crippen MR) is 73.1 cm³/mol. The second-order valence-corrected chi connectivity index (χ2v) is 5.17. The van der Waals surface area contributed by atoms with Crippen LogP contribution >= 0.6 is 0 Å². The summed E-state index contributed by atoms with van der Waals surface area (Å²) < 4.78 is 13.2. The minimum absolute atomic E-state index is 0.168. The number of benzene rings is 1. The van der Waals surface area contributed by atoms with Gasteiger partial charge in [0.25, 0.3) is 0 Å². The lowest BCUT2D eigenvalue weighted by Crippen LogP contribution is -2.35. The Kier molecular flexibility index (Phi) is 5.76. The van der Waals surface area contributed by atoms with E-state index in [9.17, 15) is 9.50 Å². The van der Waals surface area contributed by atoms with Gasteiger partial charge in [-0.25, -0.2) is 4.39 Å². The summed E-state index contributed by atoms with van der Waals surface area (Å²) in [4.78, 5) is 0. The minimum Gasteiger partial charge on any atom is -0.391 e. The van der Waals surface area contributed by atoms with Crippen molar-refractivity contribution in [2.75, 3.05) is 0 Å². The molecule has 3 N–H and O–H groups in total. The van der Waals surface area contributed by atoms with Crippen molar-refractivity contribution in [3.8, 4) is 0 Å². The zero-order valence-electron chi connectivity index (χ0n) is 11.5. The van der Waals surface area contributed by atoms with E-state index in [1.807, 2.05) is 13.0 Å². The molecule has 18 heavy (non-hydrogen) atoms. The summed E-state index contributed by atoms with van der Waals surface area (Å²) in [7, 11) is 0. The second-order valence-electron chi connectivity index (χ2n) is 5.17. The molecule has 1 aromatic carbocycles. The summed E-state index contributed by atoms with van der Waals surface area (Å²) in [6, 6.07) is 4.95. The van der Waals surface area contributed by atoms with Gasteiger partial charge in [0, 0.05) is 6.04 Å². The lowest BCUT2D eigenvalue weighted by atomic mass is 9.90. The van der Waals surface area contributed by atoms with Crippen molar-refractivity contribution in [2.24, 2.45) is 5.73 Å². The van der Waals surface area contributed by atoms with E-state index in [-0.39, 0.29) is 17.8 Å². The highest BCUT2D eigenvalue weighted by Crippen LogP contribution is 2.24. The average molecular weight is 253 g/mol. The van der Waals surface area contributed by atoms with Gasteiger partial charge in [0.1, 0.15) is 5.82 Å². The van der Waals surface area contributed by atoms with Crippen LogP contribution in [0.4, 0.5) is 4.39 Å². The van der Waals surface area contributed by atoms with Crippen molar-refractivity contribution >= 4 is 0 Å². The number of halogens is 1. The van der Waals surface area contributed by atoms with E-state index >= 15 is 0 Å². The first-order valence-electron chi connectivity index (χ1n) is 6.65. The van der Waals surface area contributed by atoms with Crippen LogP contribution in [0.5, 0.6) is 0 Å². The van der Waals surface area contributed by atoms with Gasteiger partial charge < -0.3 is 10.8 Å². The van der Waals surface area contributed by atoms with Crippen molar-refractivity contribution in [1.29, 1.82) is 0 Å². The van der Waals surface area contributed by atoms with Gasteiger partial charge in [-0.1, -0.05) is 32.4 Å². The van der Waals surface area contributed by atoms with E-state index in [2.05, 4.69) is 6.92 Å². The SMILES string of the molecule is CCCC(N)C(O)CC(C)c1ccc(F)c(C)c1. The first kappa shape index (κ1) is 15.1. The molecule has 1 rings (SSSR count). The summed E-state index contributed by atoms with van der Waals surface area (Å²) >= 11 is 0. The molecule has 0 spiro atoms. The monoisotopic (exact) mass is 253 g/mol. The van der Waals surface area contributed by atoms with Crippen molar-refractivity contribution < 1.29 is 9.50 Å². The summed E-state index contributed by atoms with van der Waals surface area (Å²) in [6.45, 7) is 5.85. The normalized spacial score (nSPS) is 16.3. The van der Waals surface area contributed by atoms with Gasteiger partial charge >= 0.3 is 0 Å². The van der Waals surface area contributed by atoms with Gasteiger partial charge in [-0.3, -0.25) is 0 Å². The van der Waals surface area contributed by atoms with Crippen molar-refractivity contribution in [1.82, 2.24) is 0 Å². The first-order valence-corrected chi connectivity index (χ1v) is 6.65. The van der Waals surface area contributed by atoms with Crippen LogP contribution in [0.25, 0.3) is 0 Å². The number of rotatable bonds is 6. The third-order valence-electron chi connectivity index (χ3n) is 3.46. The van der Waals surface area contributed by atoms with Crippen LogP contribution in [0.2, 0.25) is 0 Å². The van der Waals surface area contributed by atoms with Gasteiger partial charge in [-0.2, -0.15) is 0 Å². The Hall–Kier alpha value is -0.930. The molecule has 0 radical (unpaired) electrons. The lowest BCUT2D eigenvalue weighted by Gasteiger charge is -2.22. The molecule has 0 aliphatic heterocycles. The maximum Gasteiger partial charge on any atom is 0.126 e. The topological polar surface area (TPSA) is 46.2 Å². The largest absolute Gasteiger partial charge is 0.391 e. The Labute approximate surface area is 109 Å². The molecular formula is C15H24FNO. The smallest absolute Gasteiger partial charge is 0.126 e. The molecule has 0 amide bonds. The molecule has 0 saturated carbocycles. The van der Waals surface area contributed by atoms with Crippen LogP contribution < -0.4 is 5.73 Å². The predicted octanol–water partition coefficient (Wildman–Crippen LogP) is 3.12. The number of aliphatic hydroxyl groups excluding tert-OH is 1. The lowest BCUT2D eigenvalue weighted by molar-refractivity contribution is 0.124. The Morgan fingerprint density at radius 3 is 2.61 bits per heavy atom. The summed E-state index contributed by atoms with van der Waals surface area (Å²) in [5, 5.41) is 10.0. The second kappa shape index (κ2) is 6.86. The number of nitrogens with two attached hydrogens (primary N) is 1. The highest BCUT2D eigenvalue weighted by molar-refractivity contribution is 5.26. The van der Waals surface area contributed by atoms with Crippen LogP contribution in [0.15, 0.2) is 18.2 Å². The minimum atomic E-state index is -0.495. The Morgan fingerprint density at radius 1 is 1.39 bits per heavy atom. The average Bonchev–Trinajstić information content (AvgIpc) is 2.32. The van der Waals surface area contributed by atoms with Crippen LogP contribution in [0.3, 0.4) is 0 Å². The van der Waals surface area contributed by atoms with Crippen LogP contribution in [0, 0.1) is 12.7 Å². The van der Waals surface area contributed by atoms with Crippen LogP contribution in [-0.2, 0) is 0 Å². The standard InChI is InChI=1S/C15H24FNO/c1-4-5-14(17)15(18)9-10(2)12-6-7-13(16)11(3)8-12/h6-8,10,14-15,18H,4-5,9,17H2,1-3H3. The van der Waals surface area contributed by atoms with Crippen molar-refractivity contribution in [2.45, 2.75) is 58.1 Å². The molecule has 3 unspecified atom stereocenters. The van der Waals surface area contributed by atoms with E-state index in [4.69, 9.17) is 5.73 Å². The quantitative estimate of drug-likeness (QED) is 0.818. The van der Waals surface area contributed by atoms with E-state index < -0.39 is 6.10 Å². The van der Waals surface area contributed by atoms with Gasteiger partial charge in [0.05, 0.1) is 6.10 Å². The highest BCUT2D eigenvalue weighted by atomic mass is 19.1. The van der Waals surface area contributed by atoms with Crippen LogP contribution in [-0.4, -0.2) is 17.3 Å². The maximum absolute atomic E-state index is 13.2. The van der Waals surface area contributed by atoms with Crippen molar-refractivity contribution in [3.63, 3.8) is 0 Å². The first-order chi connectivity index (χ1) is 8.45. The molecule has 0 aliphatic carbocycles. The molecule has 0 fully saturated rings. The maximum atomic E-state index is 13.2. The summed E-state index contributed by atoms with van der Waals surface area (Å²) in [5.74, 6) is -0.00334. The van der Waals surface area contributed by atoms with Gasteiger partial charge in [0.15, 0.2) is 0 Å². The molecule has 102 valence electrons. The highest BCUT2D eigenvalue weighted by Gasteiger charge is 2.18. The molecular weight excluding hydrogens is 229 g/mol. The number of aryl methyl sites for hydroxylation is 1. The summed E-state index contributed by atoms with van der Waals surface area (Å²) in [5.41, 5.74) is 7.60. The third kappa shape index (κ3) is 4.07. The molecule has 1 aromatic rings. The Morgan fingerprint density at radius 2 is 2.06 bits per heavy atom. The molecule has 0 aliphatic rings.